The molecule has 1 aliphatic carbocycles. The van der Waals surface area contributed by atoms with Crippen LogP contribution in [-0.4, -0.2) is 19.0 Å². The van der Waals surface area contributed by atoms with Crippen molar-refractivity contribution in [2.24, 2.45) is 11.3 Å². The highest BCUT2D eigenvalue weighted by molar-refractivity contribution is 9.10. The van der Waals surface area contributed by atoms with Crippen LogP contribution < -0.4 is 10.6 Å². The number of hydrogen-bond donors (Lipinski definition) is 2. The summed E-state index contributed by atoms with van der Waals surface area (Å²) in [7, 11) is 0. The third kappa shape index (κ3) is 2.77. The van der Waals surface area contributed by atoms with Crippen molar-refractivity contribution in [2.75, 3.05) is 13.1 Å². The zero-order chi connectivity index (χ0) is 14.2. The lowest BCUT2D eigenvalue weighted by Crippen LogP contribution is -2.34. The summed E-state index contributed by atoms with van der Waals surface area (Å²) in [6.45, 7) is 4.17. The third-order valence-corrected chi connectivity index (χ3v) is 5.31. The van der Waals surface area contributed by atoms with Crippen molar-refractivity contribution in [3.05, 3.63) is 34.3 Å². The van der Waals surface area contributed by atoms with Crippen molar-refractivity contribution < 1.29 is 4.79 Å². The van der Waals surface area contributed by atoms with Gasteiger partial charge in [0, 0.05) is 10.4 Å². The van der Waals surface area contributed by atoms with E-state index in [1.165, 1.54) is 0 Å². The number of rotatable bonds is 3. The molecule has 1 aromatic rings. The number of carbonyl (C=O) groups excluding carboxylic acids is 1. The van der Waals surface area contributed by atoms with Gasteiger partial charge in [-0.3, -0.25) is 4.79 Å². The molecule has 0 radical (unpaired) electrons. The standard InChI is InChI=1S/C16H21BrN2O/c1-11(12-3-2-4-13(17)9-12)19-15(20)14-10-16(14)5-7-18-8-6-16/h2-4,9,11,14,18H,5-8,10H2,1H3,(H,19,20)/t11-,14?/m0/s1. The number of nitrogens with one attached hydrogen (secondary N) is 2. The molecule has 2 atom stereocenters. The second-order valence-electron chi connectivity index (χ2n) is 6.15. The largest absolute Gasteiger partial charge is 0.349 e. The minimum atomic E-state index is 0.0689. The zero-order valence-electron chi connectivity index (χ0n) is 11.8. The first-order chi connectivity index (χ1) is 9.61. The third-order valence-electron chi connectivity index (χ3n) is 4.81. The van der Waals surface area contributed by atoms with Gasteiger partial charge in [0.25, 0.3) is 0 Å². The molecular formula is C16H21BrN2O. The van der Waals surface area contributed by atoms with E-state index < -0.39 is 0 Å². The highest BCUT2D eigenvalue weighted by Crippen LogP contribution is 2.58. The van der Waals surface area contributed by atoms with Gasteiger partial charge < -0.3 is 10.6 Å². The highest BCUT2D eigenvalue weighted by Gasteiger charge is 2.57. The minimum Gasteiger partial charge on any atom is -0.349 e. The molecule has 2 aliphatic rings. The van der Waals surface area contributed by atoms with E-state index in [-0.39, 0.29) is 17.9 Å². The maximum absolute atomic E-state index is 12.4. The molecule has 4 heteroatoms. The summed E-state index contributed by atoms with van der Waals surface area (Å²) in [5.41, 5.74) is 1.46. The van der Waals surface area contributed by atoms with Crippen molar-refractivity contribution in [1.29, 1.82) is 0 Å². The monoisotopic (exact) mass is 336 g/mol. The van der Waals surface area contributed by atoms with Crippen LogP contribution in [0.3, 0.4) is 0 Å². The molecule has 1 spiro atoms. The Morgan fingerprint density at radius 3 is 2.90 bits per heavy atom. The van der Waals surface area contributed by atoms with Crippen molar-refractivity contribution in [3.63, 3.8) is 0 Å². The molecule has 2 N–H and O–H groups in total. The van der Waals surface area contributed by atoms with Gasteiger partial charge in [-0.15, -0.1) is 0 Å². The molecule has 0 aromatic heterocycles. The number of halogens is 1. The highest BCUT2D eigenvalue weighted by atomic mass is 79.9. The van der Waals surface area contributed by atoms with E-state index in [0.29, 0.717) is 5.41 Å². The van der Waals surface area contributed by atoms with E-state index in [2.05, 4.69) is 45.6 Å². The molecule has 2 fully saturated rings. The fourth-order valence-corrected chi connectivity index (χ4v) is 3.79. The van der Waals surface area contributed by atoms with Crippen LogP contribution in [0.25, 0.3) is 0 Å². The van der Waals surface area contributed by atoms with Gasteiger partial charge in [0.2, 0.25) is 5.91 Å². The van der Waals surface area contributed by atoms with Crippen molar-refractivity contribution >= 4 is 21.8 Å². The Balaban J connectivity index is 1.60. The Morgan fingerprint density at radius 2 is 2.20 bits per heavy atom. The topological polar surface area (TPSA) is 41.1 Å². The number of carbonyl (C=O) groups is 1. The molecule has 108 valence electrons. The van der Waals surface area contributed by atoms with Gasteiger partial charge in [0.1, 0.15) is 0 Å². The van der Waals surface area contributed by atoms with E-state index >= 15 is 0 Å². The van der Waals surface area contributed by atoms with E-state index in [1.807, 2.05) is 12.1 Å². The smallest absolute Gasteiger partial charge is 0.224 e. The summed E-state index contributed by atoms with van der Waals surface area (Å²) >= 11 is 3.48. The first-order valence-electron chi connectivity index (χ1n) is 7.37. The van der Waals surface area contributed by atoms with Crippen LogP contribution in [0.4, 0.5) is 0 Å². The summed E-state index contributed by atoms with van der Waals surface area (Å²) in [4.78, 5) is 12.4. The SMILES string of the molecule is C[C@H](NC(=O)C1CC12CCNCC2)c1cccc(Br)c1. The Morgan fingerprint density at radius 1 is 1.45 bits per heavy atom. The molecule has 1 saturated carbocycles. The van der Waals surface area contributed by atoms with Crippen molar-refractivity contribution in [2.45, 2.75) is 32.2 Å². The summed E-state index contributed by atoms with van der Waals surface area (Å²) in [5.74, 6) is 0.471. The fourth-order valence-electron chi connectivity index (χ4n) is 3.37. The quantitative estimate of drug-likeness (QED) is 0.890. The fraction of sp³-hybridized carbons (Fsp3) is 0.562. The Hall–Kier alpha value is -0.870. The predicted molar refractivity (Wildman–Crippen MR) is 83.3 cm³/mol. The molecule has 1 aromatic carbocycles. The predicted octanol–water partition coefficient (Wildman–Crippen LogP) is 3.02. The van der Waals surface area contributed by atoms with E-state index in [4.69, 9.17) is 0 Å². The summed E-state index contributed by atoms with van der Waals surface area (Å²) in [6.07, 6.45) is 3.37. The molecule has 3 nitrogen and oxygen atoms in total. The van der Waals surface area contributed by atoms with Crippen LogP contribution in [-0.2, 0) is 4.79 Å². The van der Waals surface area contributed by atoms with Crippen LogP contribution in [0, 0.1) is 11.3 Å². The molecule has 1 amide bonds. The van der Waals surface area contributed by atoms with E-state index in [9.17, 15) is 4.79 Å². The van der Waals surface area contributed by atoms with Crippen LogP contribution in [0.2, 0.25) is 0 Å². The molecule has 1 unspecified atom stereocenters. The van der Waals surface area contributed by atoms with Crippen LogP contribution in [0.15, 0.2) is 28.7 Å². The molecule has 0 bridgehead atoms. The Labute approximate surface area is 128 Å². The van der Waals surface area contributed by atoms with Gasteiger partial charge in [-0.1, -0.05) is 28.1 Å². The number of amides is 1. The second kappa shape index (κ2) is 5.49. The Bertz CT molecular complexity index is 511. The molecule has 1 saturated heterocycles. The van der Waals surface area contributed by atoms with Crippen LogP contribution >= 0.6 is 15.9 Å². The number of hydrogen-bond acceptors (Lipinski definition) is 2. The van der Waals surface area contributed by atoms with Gasteiger partial charge in [-0.05, 0) is 62.4 Å². The maximum Gasteiger partial charge on any atom is 0.224 e. The lowest BCUT2D eigenvalue weighted by atomic mass is 9.91. The van der Waals surface area contributed by atoms with E-state index in [1.54, 1.807) is 0 Å². The first-order valence-corrected chi connectivity index (χ1v) is 8.17. The average molecular weight is 337 g/mol. The van der Waals surface area contributed by atoms with Crippen LogP contribution in [0.1, 0.15) is 37.8 Å². The lowest BCUT2D eigenvalue weighted by molar-refractivity contribution is -0.123. The zero-order valence-corrected chi connectivity index (χ0v) is 13.4. The minimum absolute atomic E-state index is 0.0689. The first kappa shape index (κ1) is 14.1. The van der Waals surface area contributed by atoms with E-state index in [0.717, 1.165) is 42.4 Å². The maximum atomic E-state index is 12.4. The molecule has 1 heterocycles. The summed E-state index contributed by atoms with van der Waals surface area (Å²) < 4.78 is 1.05. The van der Waals surface area contributed by atoms with Gasteiger partial charge in [-0.25, -0.2) is 0 Å². The molecule has 3 rings (SSSR count). The number of benzene rings is 1. The van der Waals surface area contributed by atoms with Crippen molar-refractivity contribution in [1.82, 2.24) is 10.6 Å². The van der Waals surface area contributed by atoms with Gasteiger partial charge in [0.05, 0.1) is 6.04 Å². The van der Waals surface area contributed by atoms with Gasteiger partial charge in [-0.2, -0.15) is 0 Å². The summed E-state index contributed by atoms with van der Waals surface area (Å²) in [6, 6.07) is 8.21. The molecule has 20 heavy (non-hydrogen) atoms. The van der Waals surface area contributed by atoms with Gasteiger partial charge >= 0.3 is 0 Å². The van der Waals surface area contributed by atoms with Crippen LogP contribution in [0.5, 0.6) is 0 Å². The Kier molecular flexibility index (Phi) is 3.87. The second-order valence-corrected chi connectivity index (χ2v) is 7.07. The number of piperidine rings is 1. The van der Waals surface area contributed by atoms with Crippen molar-refractivity contribution in [3.8, 4) is 0 Å². The molecular weight excluding hydrogens is 316 g/mol. The lowest BCUT2D eigenvalue weighted by Gasteiger charge is -2.23. The normalized spacial score (nSPS) is 25.2. The summed E-state index contributed by atoms with van der Waals surface area (Å²) in [5, 5.41) is 6.55. The molecule has 1 aliphatic heterocycles. The van der Waals surface area contributed by atoms with Gasteiger partial charge in [0.15, 0.2) is 0 Å². The average Bonchev–Trinajstić information content (AvgIpc) is 3.13.